The van der Waals surface area contributed by atoms with Crippen molar-refractivity contribution < 1.29 is 55.1 Å². The molecular formula is C43H70O11. The van der Waals surface area contributed by atoms with Crippen LogP contribution in [0, 0.1) is 63.1 Å². The highest BCUT2D eigenvalue weighted by Crippen LogP contribution is 2.71. The van der Waals surface area contributed by atoms with E-state index in [2.05, 4.69) is 53.7 Å². The fourth-order valence-corrected chi connectivity index (χ4v) is 13.9. The molecule has 1 heterocycles. The molecule has 0 aromatic heterocycles. The Kier molecular flexibility index (Phi) is 11.2. The molecule has 8 N–H and O–H groups in total. The van der Waals surface area contributed by atoms with Gasteiger partial charge in [-0.15, -0.1) is 0 Å². The van der Waals surface area contributed by atoms with E-state index >= 15 is 0 Å². The molecule has 7 aliphatic rings. The van der Waals surface area contributed by atoms with Gasteiger partial charge in [-0.25, -0.2) is 0 Å². The van der Waals surface area contributed by atoms with E-state index in [1.54, 1.807) is 6.92 Å². The summed E-state index contributed by atoms with van der Waals surface area (Å²) in [6.45, 7) is 15.2. The second kappa shape index (κ2) is 14.7. The lowest BCUT2D eigenvalue weighted by Crippen LogP contribution is -2.65. The van der Waals surface area contributed by atoms with Crippen molar-refractivity contribution in [1.82, 2.24) is 0 Å². The van der Waals surface area contributed by atoms with Crippen LogP contribution in [0.25, 0.3) is 0 Å². The van der Waals surface area contributed by atoms with Crippen molar-refractivity contribution in [3.8, 4) is 0 Å². The first-order chi connectivity index (χ1) is 25.3. The lowest BCUT2D eigenvalue weighted by Gasteiger charge is -2.68. The van der Waals surface area contributed by atoms with Gasteiger partial charge in [0, 0.05) is 24.5 Å². The zero-order valence-corrected chi connectivity index (χ0v) is 33.6. The van der Waals surface area contributed by atoms with Crippen molar-refractivity contribution in [2.75, 3.05) is 19.8 Å². The molecule has 0 spiro atoms. The smallest absolute Gasteiger partial charge is 0.186 e. The minimum atomic E-state index is -1.41. The average Bonchev–Trinajstić information content (AvgIpc) is 3.12. The Morgan fingerprint density at radius 2 is 1.52 bits per heavy atom. The predicted octanol–water partition coefficient (Wildman–Crippen LogP) is 3.09. The molecule has 0 radical (unpaired) electrons. The number of fused-ring (bicyclic) bond motifs is 6. The Labute approximate surface area is 321 Å². The van der Waals surface area contributed by atoms with Crippen LogP contribution in [0.1, 0.15) is 99.8 Å². The maximum atomic E-state index is 12.0. The minimum absolute atomic E-state index is 0.0192. The van der Waals surface area contributed by atoms with Gasteiger partial charge in [0.05, 0.1) is 37.1 Å². The monoisotopic (exact) mass is 762 g/mol. The van der Waals surface area contributed by atoms with Gasteiger partial charge in [-0.3, -0.25) is 0 Å². The van der Waals surface area contributed by atoms with E-state index in [-0.39, 0.29) is 90.3 Å². The highest BCUT2D eigenvalue weighted by molar-refractivity contribution is 5.42. The van der Waals surface area contributed by atoms with Crippen molar-refractivity contribution >= 4 is 0 Å². The molecule has 6 aliphatic carbocycles. The third-order valence-electron chi connectivity index (χ3n) is 16.5. The lowest BCUT2D eigenvalue weighted by atomic mass is 9.38. The number of rotatable bonds is 7. The van der Waals surface area contributed by atoms with Crippen LogP contribution in [0.3, 0.4) is 0 Å². The van der Waals surface area contributed by atoms with E-state index in [1.807, 2.05) is 0 Å². The number of hydrogen-bond acceptors (Lipinski definition) is 11. The number of aliphatic hydroxyl groups is 8. The Balaban J connectivity index is 1.14. The van der Waals surface area contributed by atoms with Gasteiger partial charge in [-0.05, 0) is 116 Å². The maximum Gasteiger partial charge on any atom is 0.186 e. The van der Waals surface area contributed by atoms with Gasteiger partial charge in [-0.2, -0.15) is 0 Å². The molecule has 20 atom stereocenters. The molecule has 11 heteroatoms. The van der Waals surface area contributed by atoms with Gasteiger partial charge in [0.2, 0.25) is 0 Å². The highest BCUT2D eigenvalue weighted by Gasteiger charge is 2.66. The molecule has 308 valence electrons. The number of allylic oxidation sites excluding steroid dienone is 3. The first-order valence-corrected chi connectivity index (χ1v) is 21.0. The summed E-state index contributed by atoms with van der Waals surface area (Å²) in [7, 11) is 0. The fourth-order valence-electron chi connectivity index (χ4n) is 13.9. The summed E-state index contributed by atoms with van der Waals surface area (Å²) >= 11 is 0. The molecule has 0 bridgehead atoms. The van der Waals surface area contributed by atoms with Crippen LogP contribution < -0.4 is 0 Å². The molecule has 0 aromatic carbocycles. The van der Waals surface area contributed by atoms with Gasteiger partial charge < -0.3 is 55.1 Å². The molecule has 1 aliphatic heterocycles. The number of ether oxygens (including phenoxy) is 3. The van der Waals surface area contributed by atoms with Crippen molar-refractivity contribution in [2.45, 2.75) is 161 Å². The first kappa shape index (κ1) is 41.2. The quantitative estimate of drug-likeness (QED) is 0.178. The van der Waals surface area contributed by atoms with Crippen LogP contribution in [0.15, 0.2) is 23.3 Å². The van der Waals surface area contributed by atoms with E-state index < -0.39 is 66.6 Å². The van der Waals surface area contributed by atoms with Gasteiger partial charge in [0.15, 0.2) is 6.29 Å². The lowest BCUT2D eigenvalue weighted by molar-refractivity contribution is -0.338. The van der Waals surface area contributed by atoms with Gasteiger partial charge in [0.25, 0.3) is 0 Å². The predicted molar refractivity (Wildman–Crippen MR) is 200 cm³/mol. The Morgan fingerprint density at radius 3 is 2.19 bits per heavy atom. The SMILES string of the molecule is C[C@@H]1C2C(=C3CC(C)(C)C[C@@H](CO)C3[C@@H]1O)C=C[C@H]1[C@@]2(C)CCC2[C@]1(C)CC[C@H](O[C@@H]1O[C@H](C)[C@@H](O)[C@H](O[C@H]3C[C@@H](CO)C[C@@H](O)[C@H]3O)[C@H]1O)[C@@]2(C)CO. The Morgan fingerprint density at radius 1 is 0.815 bits per heavy atom. The standard InChI is InChI=1S/C43H70O11/c1-21-33-25(26-17-40(3,4)16-24(19-45)32(26)34(21)48)8-9-29-41(5)13-11-31(43(7,20-46)30(41)10-12-42(29,33)6)54-39-37(51)38(35(49)22(2)52-39)53-28-15-23(18-44)14-27(47)36(28)50/h8-9,21-24,27-39,44-51H,10-20H2,1-7H3/t21-,22-,23+,24+,27-,28+,29-,30?,31+,32?,33?,34-,35-,36-,37-,38+,39+,41-,42-,43+/m1/s1. The summed E-state index contributed by atoms with van der Waals surface area (Å²) < 4.78 is 18.9. The van der Waals surface area contributed by atoms with Crippen LogP contribution in [-0.4, -0.2) is 122 Å². The van der Waals surface area contributed by atoms with Gasteiger partial charge >= 0.3 is 0 Å². The van der Waals surface area contributed by atoms with Crippen molar-refractivity contribution in [1.29, 1.82) is 0 Å². The Hall–Kier alpha value is -0.960. The van der Waals surface area contributed by atoms with Crippen LogP contribution in [0.2, 0.25) is 0 Å². The molecule has 1 saturated heterocycles. The average molecular weight is 763 g/mol. The first-order valence-electron chi connectivity index (χ1n) is 21.0. The number of aliphatic hydroxyl groups excluding tert-OH is 8. The molecule has 7 rings (SSSR count). The van der Waals surface area contributed by atoms with Gasteiger partial charge in [0.1, 0.15) is 24.4 Å². The van der Waals surface area contributed by atoms with E-state index in [9.17, 15) is 40.9 Å². The molecule has 5 fully saturated rings. The van der Waals surface area contributed by atoms with E-state index in [4.69, 9.17) is 14.2 Å². The largest absolute Gasteiger partial charge is 0.396 e. The fraction of sp³-hybridized carbons (Fsp3) is 0.907. The molecule has 54 heavy (non-hydrogen) atoms. The summed E-state index contributed by atoms with van der Waals surface area (Å²) in [5, 5.41) is 87.4. The van der Waals surface area contributed by atoms with Crippen LogP contribution in [-0.2, 0) is 14.2 Å². The van der Waals surface area contributed by atoms with Crippen LogP contribution >= 0.6 is 0 Å². The third kappa shape index (κ3) is 6.42. The highest BCUT2D eigenvalue weighted by atomic mass is 16.7. The van der Waals surface area contributed by atoms with Crippen molar-refractivity contribution in [3.05, 3.63) is 23.3 Å². The maximum absolute atomic E-state index is 12.0. The van der Waals surface area contributed by atoms with Crippen LogP contribution in [0.5, 0.6) is 0 Å². The van der Waals surface area contributed by atoms with Gasteiger partial charge in [-0.1, -0.05) is 59.3 Å². The molecular weight excluding hydrogens is 692 g/mol. The van der Waals surface area contributed by atoms with Crippen molar-refractivity contribution in [3.63, 3.8) is 0 Å². The summed E-state index contributed by atoms with van der Waals surface area (Å²) in [5.41, 5.74) is 1.80. The topological polar surface area (TPSA) is 190 Å². The minimum Gasteiger partial charge on any atom is -0.396 e. The molecule has 4 saturated carbocycles. The zero-order valence-electron chi connectivity index (χ0n) is 33.6. The number of hydrogen-bond donors (Lipinski definition) is 8. The second-order valence-corrected chi connectivity index (χ2v) is 20.5. The summed E-state index contributed by atoms with van der Waals surface area (Å²) in [5.74, 6) is 0.249. The summed E-state index contributed by atoms with van der Waals surface area (Å²) in [4.78, 5) is 0. The van der Waals surface area contributed by atoms with Crippen LogP contribution in [0.4, 0.5) is 0 Å². The Bertz CT molecular complexity index is 1430. The molecule has 11 nitrogen and oxygen atoms in total. The van der Waals surface area contributed by atoms with E-state index in [0.29, 0.717) is 6.42 Å². The third-order valence-corrected chi connectivity index (χ3v) is 16.5. The van der Waals surface area contributed by atoms with E-state index in [1.165, 1.54) is 11.1 Å². The molecule has 0 amide bonds. The molecule has 3 unspecified atom stereocenters. The zero-order chi connectivity index (χ0) is 39.3. The molecule has 0 aromatic rings. The summed E-state index contributed by atoms with van der Waals surface area (Å²) in [6, 6.07) is 0. The summed E-state index contributed by atoms with van der Waals surface area (Å²) in [6.07, 6.45) is 0.456. The van der Waals surface area contributed by atoms with E-state index in [0.717, 1.165) is 32.1 Å². The van der Waals surface area contributed by atoms with Crippen molar-refractivity contribution in [2.24, 2.45) is 63.1 Å². The second-order valence-electron chi connectivity index (χ2n) is 20.5. The normalized spacial score (nSPS) is 54.3.